The SMILES string of the molecule is COc1ccc(Cl)cc1-n1c(C)cc([C@@H]2[C@H](c3ccccn3)NC(=S)N2c2ccc(NC(=O)COc3ccccc3)cc2)c1C. The molecule has 0 saturated carbocycles. The van der Waals surface area contributed by atoms with E-state index >= 15 is 0 Å². The molecule has 0 aliphatic carbocycles. The largest absolute Gasteiger partial charge is 0.495 e. The van der Waals surface area contributed by atoms with Crippen molar-refractivity contribution in [1.82, 2.24) is 14.9 Å². The van der Waals surface area contributed by atoms with Crippen LogP contribution in [0.4, 0.5) is 11.4 Å². The summed E-state index contributed by atoms with van der Waals surface area (Å²) in [4.78, 5) is 19.4. The molecule has 3 heterocycles. The number of ether oxygens (including phenoxy) is 2. The van der Waals surface area contributed by atoms with Crippen molar-refractivity contribution in [2.75, 3.05) is 23.9 Å². The summed E-state index contributed by atoms with van der Waals surface area (Å²) >= 11 is 12.4. The Kier molecular flexibility index (Phi) is 8.73. The fourth-order valence-electron chi connectivity index (χ4n) is 5.81. The van der Waals surface area contributed by atoms with Gasteiger partial charge in [-0.05, 0) is 104 Å². The minimum absolute atomic E-state index is 0.0905. The summed E-state index contributed by atoms with van der Waals surface area (Å²) in [5, 5.41) is 7.63. The first-order chi connectivity index (χ1) is 21.8. The smallest absolute Gasteiger partial charge is 0.262 e. The highest BCUT2D eigenvalue weighted by atomic mass is 35.5. The van der Waals surface area contributed by atoms with Crippen molar-refractivity contribution >= 4 is 46.2 Å². The van der Waals surface area contributed by atoms with Crippen LogP contribution in [-0.4, -0.2) is 34.3 Å². The minimum Gasteiger partial charge on any atom is -0.495 e. The van der Waals surface area contributed by atoms with Crippen LogP contribution in [0.5, 0.6) is 11.5 Å². The van der Waals surface area contributed by atoms with Crippen molar-refractivity contribution in [3.05, 3.63) is 131 Å². The summed E-state index contributed by atoms with van der Waals surface area (Å²) in [7, 11) is 1.66. The average Bonchev–Trinajstić information content (AvgIpc) is 3.55. The molecule has 10 heteroatoms. The number of aryl methyl sites for hydroxylation is 1. The third-order valence-corrected chi connectivity index (χ3v) is 8.36. The lowest BCUT2D eigenvalue weighted by Gasteiger charge is -2.28. The Morgan fingerprint density at radius 1 is 1.00 bits per heavy atom. The van der Waals surface area contributed by atoms with E-state index in [0.29, 0.717) is 21.6 Å². The molecule has 1 amide bonds. The van der Waals surface area contributed by atoms with Crippen molar-refractivity contribution in [3.63, 3.8) is 0 Å². The first-order valence-electron chi connectivity index (χ1n) is 14.4. The van der Waals surface area contributed by atoms with Gasteiger partial charge in [0.1, 0.15) is 11.5 Å². The zero-order valence-corrected chi connectivity index (χ0v) is 26.6. The average molecular weight is 638 g/mol. The summed E-state index contributed by atoms with van der Waals surface area (Å²) in [5.41, 5.74) is 6.39. The second kappa shape index (κ2) is 13.0. The van der Waals surface area contributed by atoms with Gasteiger partial charge in [0, 0.05) is 34.0 Å². The van der Waals surface area contributed by atoms with Crippen molar-refractivity contribution in [1.29, 1.82) is 0 Å². The van der Waals surface area contributed by atoms with Crippen LogP contribution in [-0.2, 0) is 4.79 Å². The summed E-state index contributed by atoms with van der Waals surface area (Å²) in [6, 6.07) is 30.1. The molecule has 0 unspecified atom stereocenters. The summed E-state index contributed by atoms with van der Waals surface area (Å²) in [5.74, 6) is 1.11. The van der Waals surface area contributed by atoms with E-state index in [1.54, 1.807) is 13.3 Å². The fourth-order valence-corrected chi connectivity index (χ4v) is 6.32. The molecule has 0 radical (unpaired) electrons. The Morgan fingerprint density at radius 2 is 1.76 bits per heavy atom. The van der Waals surface area contributed by atoms with Crippen molar-refractivity contribution in [3.8, 4) is 17.2 Å². The lowest BCUT2D eigenvalue weighted by molar-refractivity contribution is -0.118. The van der Waals surface area contributed by atoms with Gasteiger partial charge in [0.05, 0.1) is 30.6 Å². The predicted molar refractivity (Wildman–Crippen MR) is 182 cm³/mol. The Balaban J connectivity index is 1.33. The van der Waals surface area contributed by atoms with Gasteiger partial charge in [0.2, 0.25) is 0 Å². The van der Waals surface area contributed by atoms with E-state index < -0.39 is 0 Å². The lowest BCUT2D eigenvalue weighted by atomic mass is 9.96. The summed E-state index contributed by atoms with van der Waals surface area (Å²) in [6.45, 7) is 4.07. The van der Waals surface area contributed by atoms with Gasteiger partial charge in [-0.3, -0.25) is 9.78 Å². The molecule has 45 heavy (non-hydrogen) atoms. The zero-order valence-electron chi connectivity index (χ0n) is 25.0. The van der Waals surface area contributed by atoms with Crippen LogP contribution in [0.15, 0.2) is 103 Å². The number of rotatable bonds is 9. The molecule has 0 spiro atoms. The molecule has 1 aliphatic heterocycles. The monoisotopic (exact) mass is 637 g/mol. The van der Waals surface area contributed by atoms with E-state index in [-0.39, 0.29) is 24.6 Å². The van der Waals surface area contributed by atoms with Gasteiger partial charge in [-0.25, -0.2) is 0 Å². The third kappa shape index (κ3) is 6.22. The Labute approximate surface area is 272 Å². The van der Waals surface area contributed by atoms with Crippen LogP contribution in [0.1, 0.15) is 34.7 Å². The van der Waals surface area contributed by atoms with E-state index in [9.17, 15) is 4.79 Å². The van der Waals surface area contributed by atoms with Crippen LogP contribution in [0.3, 0.4) is 0 Å². The number of nitrogens with zero attached hydrogens (tertiary/aromatic N) is 3. The number of aromatic nitrogens is 2. The standard InChI is InChI=1S/C35H32ClN5O3S/c1-22-19-28(23(2)40(22)30-20-24(36)12-17-31(30)43-3)34-33(29-11-7-8-18-37-29)39-35(45)41(34)26-15-13-25(14-16-26)38-32(42)21-44-27-9-5-4-6-10-27/h4-20,33-34H,21H2,1-3H3,(H,38,42)(H,39,45)/t33-,34+/m0/s1. The van der Waals surface area contributed by atoms with Crippen LogP contribution in [0, 0.1) is 13.8 Å². The maximum Gasteiger partial charge on any atom is 0.262 e. The molecule has 1 aliphatic rings. The number of nitrogens with one attached hydrogen (secondary N) is 2. The van der Waals surface area contributed by atoms with Crippen molar-refractivity contribution in [2.24, 2.45) is 0 Å². The van der Waals surface area contributed by atoms with Gasteiger partial charge in [-0.1, -0.05) is 35.9 Å². The van der Waals surface area contributed by atoms with Crippen LogP contribution < -0.4 is 25.0 Å². The summed E-state index contributed by atoms with van der Waals surface area (Å²) in [6.07, 6.45) is 1.79. The van der Waals surface area contributed by atoms with Gasteiger partial charge in [-0.15, -0.1) is 0 Å². The minimum atomic E-state index is -0.248. The van der Waals surface area contributed by atoms with Crippen molar-refractivity contribution in [2.45, 2.75) is 25.9 Å². The highest BCUT2D eigenvalue weighted by Gasteiger charge is 2.42. The number of benzene rings is 3. The first kappa shape index (κ1) is 30.2. The first-order valence-corrected chi connectivity index (χ1v) is 15.2. The van der Waals surface area contributed by atoms with Crippen molar-refractivity contribution < 1.29 is 14.3 Å². The van der Waals surface area contributed by atoms with E-state index in [1.165, 1.54) is 0 Å². The number of carbonyl (C=O) groups excluding carboxylic acids is 1. The van der Waals surface area contributed by atoms with Crippen LogP contribution in [0.2, 0.25) is 5.02 Å². The van der Waals surface area contributed by atoms with Gasteiger partial charge >= 0.3 is 0 Å². The second-order valence-electron chi connectivity index (χ2n) is 10.7. The van der Waals surface area contributed by atoms with Gasteiger partial charge in [0.25, 0.3) is 5.91 Å². The number of thiocarbonyl (C=S) groups is 1. The maximum atomic E-state index is 12.6. The van der Waals surface area contributed by atoms with Crippen LogP contribution >= 0.6 is 23.8 Å². The van der Waals surface area contributed by atoms with Gasteiger partial charge < -0.3 is 29.6 Å². The number of carbonyl (C=O) groups is 1. The third-order valence-electron chi connectivity index (χ3n) is 7.81. The highest BCUT2D eigenvalue weighted by molar-refractivity contribution is 7.80. The second-order valence-corrected chi connectivity index (χ2v) is 11.5. The molecule has 2 atom stereocenters. The van der Waals surface area contributed by atoms with Gasteiger partial charge in [-0.2, -0.15) is 0 Å². The normalized spacial score (nSPS) is 15.9. The van der Waals surface area contributed by atoms with Gasteiger partial charge in [0.15, 0.2) is 11.7 Å². The molecule has 228 valence electrons. The fraction of sp³-hybridized carbons (Fsp3) is 0.171. The molecule has 1 saturated heterocycles. The molecule has 2 N–H and O–H groups in total. The van der Waals surface area contributed by atoms with E-state index in [1.807, 2.05) is 91.0 Å². The van der Waals surface area contributed by atoms with E-state index in [2.05, 4.69) is 45.0 Å². The molecule has 5 aromatic rings. The lowest BCUT2D eigenvalue weighted by Crippen LogP contribution is -2.29. The predicted octanol–water partition coefficient (Wildman–Crippen LogP) is 7.35. The molecule has 3 aromatic carbocycles. The summed E-state index contributed by atoms with van der Waals surface area (Å²) < 4.78 is 13.4. The molecule has 1 fully saturated rings. The number of para-hydroxylation sites is 1. The zero-order chi connectivity index (χ0) is 31.5. The number of anilines is 2. The number of halogens is 1. The Bertz CT molecular complexity index is 1830. The molecule has 0 bridgehead atoms. The Hall–Kier alpha value is -4.86. The number of pyridine rings is 1. The quantitative estimate of drug-likeness (QED) is 0.164. The number of hydrogen-bond acceptors (Lipinski definition) is 5. The molecule has 8 nitrogen and oxygen atoms in total. The number of methoxy groups -OCH3 is 1. The Morgan fingerprint density at radius 3 is 2.47 bits per heavy atom. The molecular weight excluding hydrogens is 606 g/mol. The van der Waals surface area contributed by atoms with Crippen LogP contribution in [0.25, 0.3) is 5.69 Å². The highest BCUT2D eigenvalue weighted by Crippen LogP contribution is 2.44. The molecule has 6 rings (SSSR count). The molecule has 2 aromatic heterocycles. The van der Waals surface area contributed by atoms with E-state index in [4.69, 9.17) is 33.3 Å². The maximum absolute atomic E-state index is 12.6. The molecular formula is C35H32ClN5O3S. The number of hydrogen-bond donors (Lipinski definition) is 2. The topological polar surface area (TPSA) is 80.7 Å². The number of amides is 1. The van der Waals surface area contributed by atoms with E-state index in [0.717, 1.165) is 39.8 Å².